The van der Waals surface area contributed by atoms with Crippen LogP contribution >= 0.6 is 0 Å². The zero-order valence-electron chi connectivity index (χ0n) is 18.9. The fraction of sp³-hybridized carbons (Fsp3) is 0.250. The number of hydrogen-bond donors (Lipinski definition) is 1. The number of nitrogens with one attached hydrogen (secondary N) is 1. The quantitative estimate of drug-likeness (QED) is 0.550. The van der Waals surface area contributed by atoms with E-state index in [-0.39, 0.29) is 0 Å². The maximum atomic E-state index is 11.4. The van der Waals surface area contributed by atoms with Crippen LogP contribution in [-0.4, -0.2) is 53.3 Å². The summed E-state index contributed by atoms with van der Waals surface area (Å²) in [5, 5.41) is 1.13. The number of hydrogen-bond acceptors (Lipinski definition) is 7. The molecule has 0 bridgehead atoms. The van der Waals surface area contributed by atoms with Crippen molar-refractivity contribution >= 4 is 50.8 Å². The first kappa shape index (κ1) is 24.2. The number of aromatic nitrogens is 1. The summed E-state index contributed by atoms with van der Waals surface area (Å²) >= 11 is 0. The molecule has 33 heavy (non-hydrogen) atoms. The van der Waals surface area contributed by atoms with Crippen molar-refractivity contribution in [3.8, 4) is 0 Å². The van der Waals surface area contributed by atoms with Gasteiger partial charge < -0.3 is 14.1 Å². The van der Waals surface area contributed by atoms with E-state index in [1.165, 1.54) is 11.3 Å². The highest BCUT2D eigenvalue weighted by Gasteiger charge is 2.13. The molecule has 0 saturated carbocycles. The lowest BCUT2D eigenvalue weighted by atomic mass is 10.1. The molecule has 3 heterocycles. The third-order valence-corrected chi connectivity index (χ3v) is 5.65. The van der Waals surface area contributed by atoms with Gasteiger partial charge in [-0.1, -0.05) is 18.7 Å². The smallest absolute Gasteiger partial charge is 0.229 e. The minimum absolute atomic E-state index is 0.334. The van der Waals surface area contributed by atoms with Crippen LogP contribution in [0.15, 0.2) is 53.2 Å². The van der Waals surface area contributed by atoms with Crippen LogP contribution in [-0.2, 0) is 26.0 Å². The number of rotatable bonds is 6. The number of allylic oxidation sites excluding steroid dienone is 1. The summed E-state index contributed by atoms with van der Waals surface area (Å²) in [5.74, 6) is 0. The van der Waals surface area contributed by atoms with Gasteiger partial charge in [0.1, 0.15) is 11.0 Å². The number of ether oxygens (including phenoxy) is 1. The molecule has 3 aromatic rings. The molecule has 2 aromatic heterocycles. The summed E-state index contributed by atoms with van der Waals surface area (Å²) in [6, 6.07) is 6.89. The Morgan fingerprint density at radius 2 is 2.15 bits per heavy atom. The number of aldehydes is 1. The third kappa shape index (κ3) is 6.09. The van der Waals surface area contributed by atoms with E-state index in [0.29, 0.717) is 45.8 Å². The number of carbonyl (C=O) groups excluding carboxylic acids is 1. The monoisotopic (exact) mass is 469 g/mol. The molecular weight excluding hydrogens is 442 g/mol. The van der Waals surface area contributed by atoms with Crippen LogP contribution < -0.4 is 20.3 Å². The normalized spacial score (nSPS) is 14.1. The van der Waals surface area contributed by atoms with E-state index in [1.54, 1.807) is 37.5 Å². The Labute approximate surface area is 192 Å². The number of carbonyl (C=O) groups is 1. The van der Waals surface area contributed by atoms with Crippen LogP contribution in [0.25, 0.3) is 23.1 Å². The highest BCUT2D eigenvalue weighted by Crippen LogP contribution is 2.24. The molecule has 0 radical (unpaired) electrons. The van der Waals surface area contributed by atoms with Gasteiger partial charge in [0.25, 0.3) is 0 Å². The fourth-order valence-corrected chi connectivity index (χ4v) is 4.14. The summed E-state index contributed by atoms with van der Waals surface area (Å²) in [4.78, 5) is 17.7. The van der Waals surface area contributed by atoms with Gasteiger partial charge in [0, 0.05) is 60.6 Å². The summed E-state index contributed by atoms with van der Waals surface area (Å²) in [6.45, 7) is 5.31. The summed E-state index contributed by atoms with van der Waals surface area (Å²) < 4.78 is 35.6. The number of benzene rings is 1. The molecule has 4 rings (SSSR count). The van der Waals surface area contributed by atoms with Crippen LogP contribution in [0.3, 0.4) is 0 Å². The molecule has 0 saturated heterocycles. The molecule has 0 amide bonds. The van der Waals surface area contributed by atoms with Crippen LogP contribution in [0.4, 0.5) is 11.4 Å². The maximum Gasteiger partial charge on any atom is 0.229 e. The Kier molecular flexibility index (Phi) is 7.67. The molecule has 0 spiro atoms. The number of anilines is 2. The van der Waals surface area contributed by atoms with Gasteiger partial charge >= 0.3 is 0 Å². The maximum absolute atomic E-state index is 11.4. The Balaban J connectivity index is 0.000000252. The second-order valence-corrected chi connectivity index (χ2v) is 9.34. The minimum Gasteiger partial charge on any atom is -0.457 e. The zero-order chi connectivity index (χ0) is 24.0. The van der Waals surface area contributed by atoms with Crippen molar-refractivity contribution in [2.75, 3.05) is 43.2 Å². The van der Waals surface area contributed by atoms with E-state index < -0.39 is 10.0 Å². The largest absolute Gasteiger partial charge is 0.457 e. The number of sulfonamides is 1. The van der Waals surface area contributed by atoms with Crippen molar-refractivity contribution in [3.05, 3.63) is 65.0 Å². The Morgan fingerprint density at radius 3 is 2.82 bits per heavy atom. The molecule has 8 nitrogen and oxygen atoms in total. The zero-order valence-corrected chi connectivity index (χ0v) is 19.7. The molecule has 0 fully saturated rings. The van der Waals surface area contributed by atoms with Crippen molar-refractivity contribution in [2.24, 2.45) is 0 Å². The predicted molar refractivity (Wildman–Crippen MR) is 131 cm³/mol. The van der Waals surface area contributed by atoms with E-state index >= 15 is 0 Å². The lowest BCUT2D eigenvalue weighted by molar-refractivity contribution is -0.103. The Hall–Kier alpha value is -3.43. The van der Waals surface area contributed by atoms with E-state index in [0.717, 1.165) is 19.2 Å². The molecular formula is C24H27N3O5S. The van der Waals surface area contributed by atoms with Crippen LogP contribution in [0.1, 0.15) is 5.56 Å². The van der Waals surface area contributed by atoms with Crippen molar-refractivity contribution in [3.63, 3.8) is 0 Å². The summed E-state index contributed by atoms with van der Waals surface area (Å²) in [6.07, 6.45) is 10.0. The Morgan fingerprint density at radius 1 is 1.36 bits per heavy atom. The summed E-state index contributed by atoms with van der Waals surface area (Å²) in [7, 11) is 0.268. The highest BCUT2D eigenvalue weighted by molar-refractivity contribution is 7.92. The van der Waals surface area contributed by atoms with E-state index in [4.69, 9.17) is 9.15 Å². The van der Waals surface area contributed by atoms with Gasteiger partial charge in [-0.25, -0.2) is 8.42 Å². The molecule has 174 valence electrons. The number of likely N-dealkylation sites (N-methyl/N-ethyl adjacent to an activating group) is 1. The van der Waals surface area contributed by atoms with Crippen molar-refractivity contribution in [2.45, 2.75) is 6.42 Å². The first-order valence-electron chi connectivity index (χ1n) is 10.2. The number of fused-ring (bicyclic) bond motifs is 2. The van der Waals surface area contributed by atoms with Crippen molar-refractivity contribution in [1.29, 1.82) is 0 Å². The first-order valence-corrected chi connectivity index (χ1v) is 12.1. The predicted octanol–water partition coefficient (Wildman–Crippen LogP) is 1.84. The van der Waals surface area contributed by atoms with Gasteiger partial charge in [-0.05, 0) is 36.2 Å². The molecule has 9 heteroatoms. The van der Waals surface area contributed by atoms with Crippen LogP contribution in [0.5, 0.6) is 0 Å². The van der Waals surface area contributed by atoms with Gasteiger partial charge in [0.05, 0.1) is 12.9 Å². The van der Waals surface area contributed by atoms with Gasteiger partial charge in [-0.2, -0.15) is 0 Å². The number of nitrogens with zero attached hydrogens (tertiary/aromatic N) is 2. The standard InChI is InChI=1S/C16H17NO5S.C8H10N2/c1-11-16(12(10-18)5-4-8-21-2)14-9-13(17-23(3,19)20)6-7-15(14)22-11;1-10-5-3-7-6-9-4-2-8(7)10/h4-7,9-10,17H,1,8H2,2-3H3;2,4,6H,3,5H2,1H3/b5-4-,16-12-;. The summed E-state index contributed by atoms with van der Waals surface area (Å²) in [5.41, 5.74) is 4.33. The average molecular weight is 470 g/mol. The highest BCUT2D eigenvalue weighted by atomic mass is 32.2. The van der Waals surface area contributed by atoms with Crippen LogP contribution in [0.2, 0.25) is 0 Å². The van der Waals surface area contributed by atoms with Gasteiger partial charge in [-0.15, -0.1) is 0 Å². The second kappa shape index (κ2) is 10.5. The molecule has 0 unspecified atom stereocenters. The van der Waals surface area contributed by atoms with E-state index in [9.17, 15) is 13.2 Å². The average Bonchev–Trinajstić information content (AvgIpc) is 3.30. The molecule has 1 aliphatic heterocycles. The number of pyridine rings is 1. The molecule has 1 N–H and O–H groups in total. The first-order chi connectivity index (χ1) is 15.7. The molecule has 1 aliphatic rings. The van der Waals surface area contributed by atoms with Gasteiger partial charge in [0.2, 0.25) is 10.0 Å². The Bertz CT molecular complexity index is 1390. The molecule has 0 aliphatic carbocycles. The lowest BCUT2D eigenvalue weighted by Crippen LogP contribution is -2.22. The minimum atomic E-state index is -3.40. The second-order valence-electron chi connectivity index (χ2n) is 7.59. The fourth-order valence-electron chi connectivity index (χ4n) is 3.59. The van der Waals surface area contributed by atoms with Gasteiger partial charge in [-0.3, -0.25) is 14.5 Å². The third-order valence-electron chi connectivity index (χ3n) is 5.05. The van der Waals surface area contributed by atoms with Crippen molar-refractivity contribution < 1.29 is 22.4 Å². The molecule has 1 aromatic carbocycles. The number of furan rings is 1. The lowest BCUT2D eigenvalue weighted by Gasteiger charge is -2.09. The van der Waals surface area contributed by atoms with E-state index in [2.05, 4.69) is 34.3 Å². The van der Waals surface area contributed by atoms with Crippen molar-refractivity contribution in [1.82, 2.24) is 4.98 Å². The number of methoxy groups -OCH3 is 1. The van der Waals surface area contributed by atoms with Crippen LogP contribution in [0, 0.1) is 0 Å². The molecule has 0 atom stereocenters. The van der Waals surface area contributed by atoms with Gasteiger partial charge in [0.15, 0.2) is 6.29 Å². The topological polar surface area (TPSA) is 102 Å². The van der Waals surface area contributed by atoms with E-state index in [1.807, 2.05) is 12.4 Å². The SMILES string of the molecule is C=c1oc2ccc(NS(C)(=O)=O)cc2/c1=C(C=O)/C=C\COC.CN1CCc2cnccc21.